The van der Waals surface area contributed by atoms with Crippen LogP contribution in [0.3, 0.4) is 0 Å². The molecule has 0 amide bonds. The molecular weight excluding hydrogens is 258 g/mol. The van der Waals surface area contributed by atoms with Gasteiger partial charge in [0.15, 0.2) is 0 Å². The minimum absolute atomic E-state index is 0.0483. The summed E-state index contributed by atoms with van der Waals surface area (Å²) in [4.78, 5) is 10.5. The Kier molecular flexibility index (Phi) is 4.70. The molecule has 1 N–H and O–H groups in total. The number of carboxylic acid groups (broad SMARTS) is 1. The summed E-state index contributed by atoms with van der Waals surface area (Å²) in [5.74, 6) is -0.102. The molecule has 2 aromatic rings. The van der Waals surface area contributed by atoms with Crippen LogP contribution in [0.2, 0.25) is 0 Å². The largest absolute Gasteiger partial charge is 0.491 e. The Balaban J connectivity index is 2.16. The van der Waals surface area contributed by atoms with Gasteiger partial charge in [-0.2, -0.15) is 0 Å². The summed E-state index contributed by atoms with van der Waals surface area (Å²) in [7, 11) is 0. The number of hydrogen-bond donors (Lipinski definition) is 1. The molecule has 1 heterocycles. The molecular formula is C14H17N3O3. The fourth-order valence-electron chi connectivity index (χ4n) is 1.75. The van der Waals surface area contributed by atoms with Crippen molar-refractivity contribution in [2.24, 2.45) is 0 Å². The highest BCUT2D eigenvalue weighted by Gasteiger charge is 2.09. The zero-order valence-electron chi connectivity index (χ0n) is 11.3. The van der Waals surface area contributed by atoms with Gasteiger partial charge in [0.1, 0.15) is 11.4 Å². The molecule has 0 spiro atoms. The molecule has 0 unspecified atom stereocenters. The number of hydrogen-bond acceptors (Lipinski definition) is 4. The quantitative estimate of drug-likeness (QED) is 0.837. The Morgan fingerprint density at radius 1 is 1.40 bits per heavy atom. The van der Waals surface area contributed by atoms with Gasteiger partial charge >= 0.3 is 5.97 Å². The highest BCUT2D eigenvalue weighted by Crippen LogP contribution is 2.22. The molecule has 106 valence electrons. The van der Waals surface area contributed by atoms with Gasteiger partial charge in [0, 0.05) is 6.42 Å². The van der Waals surface area contributed by atoms with Crippen molar-refractivity contribution in [1.82, 2.24) is 15.0 Å². The summed E-state index contributed by atoms with van der Waals surface area (Å²) in [6.45, 7) is 2.68. The molecule has 0 saturated heterocycles. The van der Waals surface area contributed by atoms with Gasteiger partial charge in [0.05, 0.1) is 24.9 Å². The number of ether oxygens (including phenoxy) is 1. The standard InChI is InChI=1S/C14H17N3O3/c1-2-9-20-13-6-4-3-5-12(13)17-10-11(15-16-17)7-8-14(18)19/h3-6,10H,2,7-9H2,1H3,(H,18,19). The van der Waals surface area contributed by atoms with Crippen molar-refractivity contribution in [1.29, 1.82) is 0 Å². The van der Waals surface area contributed by atoms with E-state index in [0.717, 1.165) is 17.9 Å². The Morgan fingerprint density at radius 3 is 2.95 bits per heavy atom. The van der Waals surface area contributed by atoms with Gasteiger partial charge < -0.3 is 9.84 Å². The smallest absolute Gasteiger partial charge is 0.303 e. The Morgan fingerprint density at radius 2 is 2.20 bits per heavy atom. The van der Waals surface area contributed by atoms with E-state index in [1.807, 2.05) is 31.2 Å². The lowest BCUT2D eigenvalue weighted by molar-refractivity contribution is -0.136. The van der Waals surface area contributed by atoms with Crippen LogP contribution >= 0.6 is 0 Å². The lowest BCUT2D eigenvalue weighted by atomic mass is 10.2. The molecule has 2 rings (SSSR count). The third-order valence-corrected chi connectivity index (χ3v) is 2.71. The molecule has 0 fully saturated rings. The molecule has 0 aliphatic heterocycles. The van der Waals surface area contributed by atoms with Crippen LogP contribution in [-0.4, -0.2) is 32.7 Å². The van der Waals surface area contributed by atoms with E-state index in [1.54, 1.807) is 10.9 Å². The Hall–Kier alpha value is -2.37. The molecule has 0 bridgehead atoms. The van der Waals surface area contributed by atoms with Crippen molar-refractivity contribution < 1.29 is 14.6 Å². The fraction of sp³-hybridized carbons (Fsp3) is 0.357. The number of para-hydroxylation sites is 2. The lowest BCUT2D eigenvalue weighted by Gasteiger charge is -2.09. The number of rotatable bonds is 7. The minimum Gasteiger partial charge on any atom is -0.491 e. The van der Waals surface area contributed by atoms with Crippen LogP contribution in [0.25, 0.3) is 5.69 Å². The zero-order chi connectivity index (χ0) is 14.4. The van der Waals surface area contributed by atoms with E-state index in [9.17, 15) is 4.79 Å². The third-order valence-electron chi connectivity index (χ3n) is 2.71. The van der Waals surface area contributed by atoms with Gasteiger partial charge in [-0.15, -0.1) is 5.10 Å². The van der Waals surface area contributed by atoms with E-state index in [4.69, 9.17) is 9.84 Å². The second kappa shape index (κ2) is 6.70. The minimum atomic E-state index is -0.841. The average molecular weight is 275 g/mol. The monoisotopic (exact) mass is 275 g/mol. The normalized spacial score (nSPS) is 10.4. The fourth-order valence-corrected chi connectivity index (χ4v) is 1.75. The van der Waals surface area contributed by atoms with E-state index in [2.05, 4.69) is 10.3 Å². The summed E-state index contributed by atoms with van der Waals surface area (Å²) >= 11 is 0. The predicted octanol–water partition coefficient (Wildman–Crippen LogP) is 2.07. The van der Waals surface area contributed by atoms with E-state index < -0.39 is 5.97 Å². The van der Waals surface area contributed by atoms with Crippen molar-refractivity contribution in [3.8, 4) is 11.4 Å². The number of aromatic nitrogens is 3. The van der Waals surface area contributed by atoms with E-state index >= 15 is 0 Å². The van der Waals surface area contributed by atoms with Crippen molar-refractivity contribution in [3.05, 3.63) is 36.2 Å². The zero-order valence-corrected chi connectivity index (χ0v) is 11.3. The topological polar surface area (TPSA) is 77.2 Å². The van der Waals surface area contributed by atoms with Gasteiger partial charge in [0.25, 0.3) is 0 Å². The number of carbonyl (C=O) groups is 1. The van der Waals surface area contributed by atoms with Crippen LogP contribution in [0.4, 0.5) is 0 Å². The molecule has 20 heavy (non-hydrogen) atoms. The maximum absolute atomic E-state index is 10.5. The first-order valence-electron chi connectivity index (χ1n) is 6.56. The third kappa shape index (κ3) is 3.57. The van der Waals surface area contributed by atoms with Gasteiger partial charge in [-0.25, -0.2) is 4.68 Å². The summed E-state index contributed by atoms with van der Waals surface area (Å²) in [5.41, 5.74) is 1.45. The predicted molar refractivity (Wildman–Crippen MR) is 73.1 cm³/mol. The number of aliphatic carboxylic acids is 1. The van der Waals surface area contributed by atoms with Crippen LogP contribution in [0, 0.1) is 0 Å². The molecule has 1 aromatic heterocycles. The highest BCUT2D eigenvalue weighted by atomic mass is 16.5. The highest BCUT2D eigenvalue weighted by molar-refractivity contribution is 5.66. The molecule has 0 atom stereocenters. The van der Waals surface area contributed by atoms with Crippen molar-refractivity contribution in [2.45, 2.75) is 26.2 Å². The second-order valence-corrected chi connectivity index (χ2v) is 4.36. The van der Waals surface area contributed by atoms with Gasteiger partial charge in [-0.3, -0.25) is 4.79 Å². The van der Waals surface area contributed by atoms with Crippen LogP contribution in [0.1, 0.15) is 25.5 Å². The summed E-state index contributed by atoms with van der Waals surface area (Å²) in [6, 6.07) is 7.56. The van der Waals surface area contributed by atoms with Crippen LogP contribution < -0.4 is 4.74 Å². The van der Waals surface area contributed by atoms with Crippen LogP contribution in [0.5, 0.6) is 5.75 Å². The molecule has 0 aliphatic carbocycles. The molecule has 1 aromatic carbocycles. The van der Waals surface area contributed by atoms with Crippen LogP contribution in [0.15, 0.2) is 30.5 Å². The first-order chi connectivity index (χ1) is 9.70. The molecule has 0 radical (unpaired) electrons. The van der Waals surface area contributed by atoms with Gasteiger partial charge in [-0.1, -0.05) is 24.3 Å². The van der Waals surface area contributed by atoms with Crippen molar-refractivity contribution in [2.75, 3.05) is 6.61 Å². The number of nitrogens with zero attached hydrogens (tertiary/aromatic N) is 3. The van der Waals surface area contributed by atoms with E-state index in [1.165, 1.54) is 0 Å². The number of aryl methyl sites for hydroxylation is 1. The van der Waals surface area contributed by atoms with Gasteiger partial charge in [-0.05, 0) is 18.6 Å². The van der Waals surface area contributed by atoms with E-state index in [-0.39, 0.29) is 6.42 Å². The summed E-state index contributed by atoms with van der Waals surface area (Å²) in [6.07, 6.45) is 3.08. The Labute approximate surface area is 117 Å². The number of benzene rings is 1. The first-order valence-corrected chi connectivity index (χ1v) is 6.56. The average Bonchev–Trinajstić information content (AvgIpc) is 2.92. The van der Waals surface area contributed by atoms with Crippen molar-refractivity contribution in [3.63, 3.8) is 0 Å². The summed E-state index contributed by atoms with van der Waals surface area (Å²) in [5, 5.41) is 16.7. The number of carboxylic acids is 1. The Bertz CT molecular complexity index is 581. The molecule has 0 aliphatic rings. The molecule has 6 nitrogen and oxygen atoms in total. The maximum Gasteiger partial charge on any atom is 0.303 e. The second-order valence-electron chi connectivity index (χ2n) is 4.36. The van der Waals surface area contributed by atoms with Crippen LogP contribution in [-0.2, 0) is 11.2 Å². The van der Waals surface area contributed by atoms with E-state index in [0.29, 0.717) is 18.7 Å². The SMILES string of the molecule is CCCOc1ccccc1-n1cc(CCC(=O)O)nn1. The van der Waals surface area contributed by atoms with Crippen molar-refractivity contribution >= 4 is 5.97 Å². The summed E-state index contributed by atoms with van der Waals surface area (Å²) < 4.78 is 7.28. The van der Waals surface area contributed by atoms with Gasteiger partial charge in [0.2, 0.25) is 0 Å². The molecule has 0 saturated carbocycles. The maximum atomic E-state index is 10.5. The molecule has 6 heteroatoms. The first kappa shape index (κ1) is 14.0. The lowest BCUT2D eigenvalue weighted by Crippen LogP contribution is -2.02.